The normalized spacial score (nSPS) is 12.1. The highest BCUT2D eigenvalue weighted by atomic mass is 16.6. The first-order valence-electron chi connectivity index (χ1n) is 6.18. The van der Waals surface area contributed by atoms with Crippen molar-refractivity contribution in [3.8, 4) is 0 Å². The third kappa shape index (κ3) is 3.63. The van der Waals surface area contributed by atoms with E-state index >= 15 is 0 Å². The fourth-order valence-electron chi connectivity index (χ4n) is 1.87. The highest BCUT2D eigenvalue weighted by Crippen LogP contribution is 2.14. The van der Waals surface area contributed by atoms with E-state index in [1.165, 1.54) is 17.7 Å². The van der Waals surface area contributed by atoms with E-state index in [9.17, 15) is 10.1 Å². The lowest BCUT2D eigenvalue weighted by Crippen LogP contribution is -2.17. The van der Waals surface area contributed by atoms with Gasteiger partial charge >= 0.3 is 0 Å². The molecule has 0 aromatic heterocycles. The quantitative estimate of drug-likeness (QED) is 0.658. The van der Waals surface area contributed by atoms with Gasteiger partial charge in [-0.15, -0.1) is 0 Å². The van der Waals surface area contributed by atoms with Crippen LogP contribution in [0.15, 0.2) is 54.6 Å². The maximum absolute atomic E-state index is 10.6. The minimum Gasteiger partial charge on any atom is -0.306 e. The van der Waals surface area contributed by atoms with Crippen LogP contribution in [0.2, 0.25) is 0 Å². The number of nitro benzene ring substituents is 1. The Kier molecular flexibility index (Phi) is 4.26. The monoisotopic (exact) mass is 256 g/mol. The van der Waals surface area contributed by atoms with E-state index in [4.69, 9.17) is 0 Å². The maximum Gasteiger partial charge on any atom is 0.269 e. The second-order valence-corrected chi connectivity index (χ2v) is 4.44. The summed E-state index contributed by atoms with van der Waals surface area (Å²) < 4.78 is 0. The Morgan fingerprint density at radius 1 is 1.11 bits per heavy atom. The molecule has 2 aromatic rings. The average molecular weight is 256 g/mol. The molecule has 0 bridgehead atoms. The summed E-state index contributed by atoms with van der Waals surface area (Å²) in [6.07, 6.45) is 0. The zero-order valence-corrected chi connectivity index (χ0v) is 10.7. The van der Waals surface area contributed by atoms with Crippen molar-refractivity contribution in [1.82, 2.24) is 5.32 Å². The summed E-state index contributed by atoms with van der Waals surface area (Å²) in [5.41, 5.74) is 2.39. The van der Waals surface area contributed by atoms with Crippen molar-refractivity contribution < 1.29 is 4.92 Å². The first kappa shape index (κ1) is 13.2. The molecule has 0 aliphatic rings. The molecule has 0 saturated heterocycles. The maximum atomic E-state index is 10.6. The fourth-order valence-corrected chi connectivity index (χ4v) is 1.87. The first-order chi connectivity index (χ1) is 9.16. The van der Waals surface area contributed by atoms with E-state index in [0.717, 1.165) is 5.56 Å². The van der Waals surface area contributed by atoms with Gasteiger partial charge in [-0.2, -0.15) is 0 Å². The van der Waals surface area contributed by atoms with E-state index in [1.54, 1.807) is 12.1 Å². The molecule has 2 aromatic carbocycles. The minimum atomic E-state index is -0.385. The number of benzene rings is 2. The van der Waals surface area contributed by atoms with Gasteiger partial charge in [-0.05, 0) is 18.1 Å². The van der Waals surface area contributed by atoms with Crippen LogP contribution in [0, 0.1) is 10.1 Å². The van der Waals surface area contributed by atoms with Crippen molar-refractivity contribution in [1.29, 1.82) is 0 Å². The molecule has 0 amide bonds. The molecule has 0 fully saturated rings. The lowest BCUT2D eigenvalue weighted by Gasteiger charge is -2.14. The second kappa shape index (κ2) is 6.11. The van der Waals surface area contributed by atoms with E-state index in [0.29, 0.717) is 6.54 Å². The lowest BCUT2D eigenvalue weighted by atomic mass is 10.1. The van der Waals surface area contributed by atoms with Gasteiger partial charge in [-0.25, -0.2) is 0 Å². The molecule has 0 aliphatic carbocycles. The molecule has 19 heavy (non-hydrogen) atoms. The molecule has 4 heteroatoms. The van der Waals surface area contributed by atoms with Gasteiger partial charge in [0.2, 0.25) is 0 Å². The molecule has 0 spiro atoms. The van der Waals surface area contributed by atoms with Crippen LogP contribution in [0.5, 0.6) is 0 Å². The van der Waals surface area contributed by atoms with Crippen LogP contribution in [-0.4, -0.2) is 4.92 Å². The highest BCUT2D eigenvalue weighted by molar-refractivity contribution is 5.32. The van der Waals surface area contributed by atoms with Crippen molar-refractivity contribution in [3.63, 3.8) is 0 Å². The molecule has 0 heterocycles. The summed E-state index contributed by atoms with van der Waals surface area (Å²) in [4.78, 5) is 10.2. The van der Waals surface area contributed by atoms with Gasteiger partial charge < -0.3 is 5.32 Å². The summed E-state index contributed by atoms with van der Waals surface area (Å²) in [5, 5.41) is 13.9. The van der Waals surface area contributed by atoms with E-state index in [-0.39, 0.29) is 16.7 Å². The number of non-ortho nitro benzene ring substituents is 1. The summed E-state index contributed by atoms with van der Waals surface area (Å²) in [7, 11) is 0. The molecular formula is C15H16N2O2. The van der Waals surface area contributed by atoms with Crippen LogP contribution < -0.4 is 5.32 Å². The zero-order chi connectivity index (χ0) is 13.7. The SMILES string of the molecule is C[C@H](NCc1ccc([N+](=O)[O-])cc1)c1ccccc1. The lowest BCUT2D eigenvalue weighted by molar-refractivity contribution is -0.384. The number of hydrogen-bond acceptors (Lipinski definition) is 3. The minimum absolute atomic E-state index is 0.125. The molecule has 0 unspecified atom stereocenters. The van der Waals surface area contributed by atoms with Gasteiger partial charge in [0.05, 0.1) is 4.92 Å². The van der Waals surface area contributed by atoms with Crippen LogP contribution in [-0.2, 0) is 6.54 Å². The molecular weight excluding hydrogens is 240 g/mol. The van der Waals surface area contributed by atoms with Gasteiger partial charge in [0.25, 0.3) is 5.69 Å². The van der Waals surface area contributed by atoms with Gasteiger partial charge in [0, 0.05) is 24.7 Å². The Balaban J connectivity index is 1.93. The Bertz CT molecular complexity index is 538. The highest BCUT2D eigenvalue weighted by Gasteiger charge is 2.06. The number of nitro groups is 1. The Labute approximate surface area is 112 Å². The molecule has 0 aliphatic heterocycles. The molecule has 1 atom stereocenters. The van der Waals surface area contributed by atoms with Crippen molar-refractivity contribution in [2.24, 2.45) is 0 Å². The molecule has 98 valence electrons. The Morgan fingerprint density at radius 3 is 2.32 bits per heavy atom. The summed E-state index contributed by atoms with van der Waals surface area (Å²) in [5.74, 6) is 0. The number of rotatable bonds is 5. The molecule has 1 N–H and O–H groups in total. The number of nitrogens with one attached hydrogen (secondary N) is 1. The summed E-state index contributed by atoms with van der Waals surface area (Å²) >= 11 is 0. The summed E-state index contributed by atoms with van der Waals surface area (Å²) in [6.45, 7) is 2.79. The van der Waals surface area contributed by atoms with Gasteiger partial charge in [0.1, 0.15) is 0 Å². The largest absolute Gasteiger partial charge is 0.306 e. The smallest absolute Gasteiger partial charge is 0.269 e. The predicted octanol–water partition coefficient (Wildman–Crippen LogP) is 3.45. The van der Waals surface area contributed by atoms with E-state index in [2.05, 4.69) is 24.4 Å². The topological polar surface area (TPSA) is 55.2 Å². The van der Waals surface area contributed by atoms with Gasteiger partial charge in [0.15, 0.2) is 0 Å². The predicted molar refractivity (Wildman–Crippen MR) is 74.8 cm³/mol. The van der Waals surface area contributed by atoms with E-state index < -0.39 is 0 Å². The molecule has 4 nitrogen and oxygen atoms in total. The van der Waals surface area contributed by atoms with Crippen LogP contribution in [0.3, 0.4) is 0 Å². The number of hydrogen-bond donors (Lipinski definition) is 1. The van der Waals surface area contributed by atoms with Gasteiger partial charge in [-0.1, -0.05) is 42.5 Å². The van der Waals surface area contributed by atoms with Crippen LogP contribution in [0.1, 0.15) is 24.1 Å². The third-order valence-electron chi connectivity index (χ3n) is 3.06. The van der Waals surface area contributed by atoms with E-state index in [1.807, 2.05) is 18.2 Å². The third-order valence-corrected chi connectivity index (χ3v) is 3.06. The van der Waals surface area contributed by atoms with Crippen molar-refractivity contribution in [2.45, 2.75) is 19.5 Å². The Hall–Kier alpha value is -2.20. The van der Waals surface area contributed by atoms with Crippen molar-refractivity contribution in [3.05, 3.63) is 75.8 Å². The van der Waals surface area contributed by atoms with Gasteiger partial charge in [-0.3, -0.25) is 10.1 Å². The number of nitrogens with zero attached hydrogens (tertiary/aromatic N) is 1. The Morgan fingerprint density at radius 2 is 1.74 bits per heavy atom. The molecule has 0 saturated carbocycles. The summed E-state index contributed by atoms with van der Waals surface area (Å²) in [6, 6.07) is 17.0. The zero-order valence-electron chi connectivity index (χ0n) is 10.7. The van der Waals surface area contributed by atoms with Crippen molar-refractivity contribution in [2.75, 3.05) is 0 Å². The first-order valence-corrected chi connectivity index (χ1v) is 6.18. The average Bonchev–Trinajstić information content (AvgIpc) is 2.46. The fraction of sp³-hybridized carbons (Fsp3) is 0.200. The second-order valence-electron chi connectivity index (χ2n) is 4.44. The van der Waals surface area contributed by atoms with Crippen LogP contribution in [0.4, 0.5) is 5.69 Å². The standard InChI is InChI=1S/C15H16N2O2/c1-12(14-5-3-2-4-6-14)16-11-13-7-9-15(10-8-13)17(18)19/h2-10,12,16H,11H2,1H3/t12-/m0/s1. The van der Waals surface area contributed by atoms with Crippen molar-refractivity contribution >= 4 is 5.69 Å². The van der Waals surface area contributed by atoms with Crippen LogP contribution in [0.25, 0.3) is 0 Å². The molecule has 2 rings (SSSR count). The van der Waals surface area contributed by atoms with Crippen LogP contribution >= 0.6 is 0 Å². The molecule has 0 radical (unpaired) electrons.